The molecule has 1 atom stereocenters. The summed E-state index contributed by atoms with van der Waals surface area (Å²) in [6, 6.07) is 11.8. The van der Waals surface area contributed by atoms with Crippen LogP contribution in [0.25, 0.3) is 0 Å². The smallest absolute Gasteiger partial charge is 0.263 e. The number of carbonyl (C=O) groups excluding carboxylic acids is 2. The number of amides is 2. The van der Waals surface area contributed by atoms with Crippen molar-refractivity contribution in [3.63, 3.8) is 0 Å². The van der Waals surface area contributed by atoms with Crippen molar-refractivity contribution < 1.29 is 18.7 Å². The number of benzene rings is 2. The Morgan fingerprint density at radius 3 is 2.62 bits per heavy atom. The fraction of sp³-hybridized carbons (Fsp3) is 0.391. The first-order valence-electron chi connectivity index (χ1n) is 10.0. The standard InChI is InChI=1S/C23H27FN2O3/c1-4-20-23(28)26(12-11-16-5-7-18(24)8-6-16)14-17-13-19(9-10-21(17)29-20)25-22(27)15(2)3/h5-10,13,15,20H,4,11-12,14H2,1-3H3,(H,25,27). The van der Waals surface area contributed by atoms with Crippen LogP contribution in [0.5, 0.6) is 5.75 Å². The molecule has 3 rings (SSSR count). The van der Waals surface area contributed by atoms with Gasteiger partial charge in [0, 0.05) is 30.3 Å². The summed E-state index contributed by atoms with van der Waals surface area (Å²) in [5.74, 6) is 0.151. The highest BCUT2D eigenvalue weighted by atomic mass is 19.1. The molecule has 2 aromatic rings. The fourth-order valence-electron chi connectivity index (χ4n) is 3.24. The summed E-state index contributed by atoms with van der Waals surface area (Å²) >= 11 is 0. The third-order valence-electron chi connectivity index (χ3n) is 5.02. The number of rotatable bonds is 6. The highest BCUT2D eigenvalue weighted by Crippen LogP contribution is 2.29. The Balaban J connectivity index is 1.80. The lowest BCUT2D eigenvalue weighted by Crippen LogP contribution is -2.40. The van der Waals surface area contributed by atoms with E-state index in [1.54, 1.807) is 23.1 Å². The Bertz CT molecular complexity index is 880. The van der Waals surface area contributed by atoms with Gasteiger partial charge in [0.1, 0.15) is 11.6 Å². The molecular weight excluding hydrogens is 371 g/mol. The van der Waals surface area contributed by atoms with Gasteiger partial charge in [0.25, 0.3) is 5.91 Å². The van der Waals surface area contributed by atoms with Crippen molar-refractivity contribution in [2.45, 2.75) is 46.3 Å². The molecule has 2 amide bonds. The van der Waals surface area contributed by atoms with Gasteiger partial charge in [-0.25, -0.2) is 4.39 Å². The average molecular weight is 398 g/mol. The molecule has 1 N–H and O–H groups in total. The average Bonchev–Trinajstić information content (AvgIpc) is 2.83. The monoisotopic (exact) mass is 398 g/mol. The van der Waals surface area contributed by atoms with Gasteiger partial charge in [0.2, 0.25) is 5.91 Å². The molecule has 0 spiro atoms. The Labute approximate surface area is 170 Å². The van der Waals surface area contributed by atoms with E-state index in [2.05, 4.69) is 5.32 Å². The number of fused-ring (bicyclic) bond motifs is 1. The van der Waals surface area contributed by atoms with Crippen LogP contribution in [0.3, 0.4) is 0 Å². The Morgan fingerprint density at radius 2 is 1.97 bits per heavy atom. The van der Waals surface area contributed by atoms with Gasteiger partial charge in [-0.3, -0.25) is 9.59 Å². The largest absolute Gasteiger partial charge is 0.480 e. The van der Waals surface area contributed by atoms with Crippen LogP contribution in [0, 0.1) is 11.7 Å². The first-order valence-corrected chi connectivity index (χ1v) is 10.0. The van der Waals surface area contributed by atoms with Crippen LogP contribution in [0.1, 0.15) is 38.3 Å². The molecule has 1 aliphatic heterocycles. The first kappa shape index (κ1) is 20.8. The van der Waals surface area contributed by atoms with E-state index in [4.69, 9.17) is 4.74 Å². The minimum absolute atomic E-state index is 0.0569. The maximum atomic E-state index is 13.1. The van der Waals surface area contributed by atoms with Crippen molar-refractivity contribution in [2.75, 3.05) is 11.9 Å². The topological polar surface area (TPSA) is 58.6 Å². The number of hydrogen-bond donors (Lipinski definition) is 1. The molecule has 0 saturated carbocycles. The summed E-state index contributed by atoms with van der Waals surface area (Å²) < 4.78 is 19.1. The van der Waals surface area contributed by atoms with Crippen LogP contribution in [0.2, 0.25) is 0 Å². The molecule has 0 fully saturated rings. The van der Waals surface area contributed by atoms with Crippen LogP contribution in [0.4, 0.5) is 10.1 Å². The van der Waals surface area contributed by atoms with Gasteiger partial charge < -0.3 is 15.0 Å². The number of nitrogens with one attached hydrogen (secondary N) is 1. The van der Waals surface area contributed by atoms with Gasteiger partial charge in [0.05, 0.1) is 0 Å². The van der Waals surface area contributed by atoms with E-state index in [1.165, 1.54) is 12.1 Å². The van der Waals surface area contributed by atoms with Gasteiger partial charge in [-0.2, -0.15) is 0 Å². The molecule has 0 radical (unpaired) electrons. The molecule has 1 heterocycles. The lowest BCUT2D eigenvalue weighted by atomic mass is 10.1. The van der Waals surface area contributed by atoms with Crippen LogP contribution < -0.4 is 10.1 Å². The highest BCUT2D eigenvalue weighted by Gasteiger charge is 2.29. The third-order valence-corrected chi connectivity index (χ3v) is 5.02. The zero-order chi connectivity index (χ0) is 21.0. The Kier molecular flexibility index (Phi) is 6.52. The summed E-state index contributed by atoms with van der Waals surface area (Å²) in [4.78, 5) is 26.7. The molecule has 0 aromatic heterocycles. The van der Waals surface area contributed by atoms with Crippen LogP contribution in [-0.2, 0) is 22.6 Å². The minimum Gasteiger partial charge on any atom is -0.480 e. The first-order chi connectivity index (χ1) is 13.9. The zero-order valence-electron chi connectivity index (χ0n) is 17.1. The van der Waals surface area contributed by atoms with Crippen LogP contribution in [0.15, 0.2) is 42.5 Å². The number of nitrogens with zero attached hydrogens (tertiary/aromatic N) is 1. The molecule has 1 unspecified atom stereocenters. The van der Waals surface area contributed by atoms with Crippen molar-refractivity contribution in [1.82, 2.24) is 4.90 Å². The Morgan fingerprint density at radius 1 is 1.24 bits per heavy atom. The van der Waals surface area contributed by atoms with Gasteiger partial charge in [0.15, 0.2) is 6.10 Å². The molecule has 0 bridgehead atoms. The van der Waals surface area contributed by atoms with E-state index in [1.807, 2.05) is 32.9 Å². The zero-order valence-corrected chi connectivity index (χ0v) is 17.1. The molecule has 1 aliphatic rings. The molecule has 6 heteroatoms. The molecule has 2 aromatic carbocycles. The summed E-state index contributed by atoms with van der Waals surface area (Å²) in [5, 5.41) is 2.89. The third kappa shape index (κ3) is 5.13. The van der Waals surface area contributed by atoms with Gasteiger partial charge in [-0.15, -0.1) is 0 Å². The number of halogens is 1. The van der Waals surface area contributed by atoms with Gasteiger partial charge >= 0.3 is 0 Å². The van der Waals surface area contributed by atoms with Crippen molar-refractivity contribution >= 4 is 17.5 Å². The van der Waals surface area contributed by atoms with Crippen molar-refractivity contribution in [3.8, 4) is 5.75 Å². The van der Waals surface area contributed by atoms with E-state index in [0.29, 0.717) is 37.4 Å². The maximum Gasteiger partial charge on any atom is 0.263 e. The number of carbonyl (C=O) groups is 2. The molecule has 154 valence electrons. The fourth-order valence-corrected chi connectivity index (χ4v) is 3.24. The van der Waals surface area contributed by atoms with Crippen molar-refractivity contribution in [1.29, 1.82) is 0 Å². The van der Waals surface area contributed by atoms with Crippen molar-refractivity contribution in [3.05, 3.63) is 59.4 Å². The van der Waals surface area contributed by atoms with Crippen LogP contribution >= 0.6 is 0 Å². The van der Waals surface area contributed by atoms with Gasteiger partial charge in [-0.05, 0) is 48.7 Å². The second-order valence-electron chi connectivity index (χ2n) is 7.62. The lowest BCUT2D eigenvalue weighted by Gasteiger charge is -2.23. The molecule has 29 heavy (non-hydrogen) atoms. The van der Waals surface area contributed by atoms with Gasteiger partial charge in [-0.1, -0.05) is 32.9 Å². The van der Waals surface area contributed by atoms with E-state index >= 15 is 0 Å². The number of anilines is 1. The SMILES string of the molecule is CCC1Oc2ccc(NC(=O)C(C)C)cc2CN(CCc2ccc(F)cc2)C1=O. The second kappa shape index (κ2) is 9.07. The van der Waals surface area contributed by atoms with Crippen molar-refractivity contribution in [2.24, 2.45) is 5.92 Å². The Hall–Kier alpha value is -2.89. The minimum atomic E-state index is -0.541. The highest BCUT2D eigenvalue weighted by molar-refractivity contribution is 5.92. The molecule has 0 saturated heterocycles. The molecular formula is C23H27FN2O3. The number of ether oxygens (including phenoxy) is 1. The molecule has 5 nitrogen and oxygen atoms in total. The summed E-state index contributed by atoms with van der Waals surface area (Å²) in [6.07, 6.45) is 0.652. The summed E-state index contributed by atoms with van der Waals surface area (Å²) in [7, 11) is 0. The number of hydrogen-bond acceptors (Lipinski definition) is 3. The molecule has 0 aliphatic carbocycles. The summed E-state index contributed by atoms with van der Waals surface area (Å²) in [6.45, 7) is 6.50. The predicted molar refractivity (Wildman–Crippen MR) is 110 cm³/mol. The second-order valence-corrected chi connectivity index (χ2v) is 7.62. The maximum absolute atomic E-state index is 13.1. The quantitative estimate of drug-likeness (QED) is 0.795. The van der Waals surface area contributed by atoms with Crippen LogP contribution in [-0.4, -0.2) is 29.4 Å². The lowest BCUT2D eigenvalue weighted by molar-refractivity contribution is -0.138. The predicted octanol–water partition coefficient (Wildman–Crippen LogP) is 4.16. The van der Waals surface area contributed by atoms with E-state index in [0.717, 1.165) is 11.1 Å². The summed E-state index contributed by atoms with van der Waals surface area (Å²) in [5.41, 5.74) is 2.51. The van der Waals surface area contributed by atoms with E-state index in [-0.39, 0.29) is 23.5 Å². The van der Waals surface area contributed by atoms with E-state index < -0.39 is 6.10 Å². The normalized spacial score (nSPS) is 16.2. The van der Waals surface area contributed by atoms with E-state index in [9.17, 15) is 14.0 Å².